The Bertz CT molecular complexity index is 1040. The van der Waals surface area contributed by atoms with Crippen LogP contribution in [0.25, 0.3) is 10.9 Å². The van der Waals surface area contributed by atoms with Crippen LogP contribution in [0.5, 0.6) is 5.75 Å². The van der Waals surface area contributed by atoms with Gasteiger partial charge in [0.15, 0.2) is 5.75 Å². The summed E-state index contributed by atoms with van der Waals surface area (Å²) in [6.45, 7) is 1.37. The topological polar surface area (TPSA) is 101 Å². The van der Waals surface area contributed by atoms with Crippen molar-refractivity contribution >= 4 is 22.6 Å². The van der Waals surface area contributed by atoms with Gasteiger partial charge in [0.2, 0.25) is 17.1 Å². The van der Waals surface area contributed by atoms with Crippen LogP contribution in [0.1, 0.15) is 29.7 Å². The summed E-state index contributed by atoms with van der Waals surface area (Å²) in [6, 6.07) is -0.917. The van der Waals surface area contributed by atoms with Crippen molar-refractivity contribution in [1.82, 2.24) is 4.57 Å². The number of benzene rings is 1. The lowest BCUT2D eigenvalue weighted by Crippen LogP contribution is -2.23. The molecule has 0 radical (unpaired) electrons. The van der Waals surface area contributed by atoms with Crippen LogP contribution in [0.3, 0.4) is 0 Å². The second kappa shape index (κ2) is 6.56. The molecule has 0 N–H and O–H groups in total. The van der Waals surface area contributed by atoms with Crippen molar-refractivity contribution in [3.05, 3.63) is 43.7 Å². The largest absolute Gasteiger partial charge is 0.491 e. The molecule has 1 aliphatic carbocycles. The number of halogens is 3. The fraction of sp³-hybridized carbons (Fsp3) is 0.375. The number of fused-ring (bicyclic) bond motifs is 1. The maximum Gasteiger partial charge on any atom is 0.343 e. The number of esters is 1. The van der Waals surface area contributed by atoms with E-state index in [1.807, 2.05) is 0 Å². The highest BCUT2D eigenvalue weighted by Crippen LogP contribution is 2.45. The normalized spacial score (nSPS) is 18.4. The number of hydrogen-bond donors (Lipinski definition) is 0. The van der Waals surface area contributed by atoms with Crippen LogP contribution in [0, 0.1) is 21.7 Å². The molecule has 2 unspecified atom stereocenters. The Morgan fingerprint density at radius 2 is 2.04 bits per heavy atom. The van der Waals surface area contributed by atoms with Crippen LogP contribution in [-0.2, 0) is 4.74 Å². The van der Waals surface area contributed by atoms with E-state index in [-0.39, 0.29) is 13.0 Å². The van der Waals surface area contributed by atoms with Gasteiger partial charge < -0.3 is 14.0 Å². The molecule has 2 atom stereocenters. The summed E-state index contributed by atoms with van der Waals surface area (Å²) in [5.74, 6) is -5.52. The van der Waals surface area contributed by atoms with Crippen LogP contribution >= 0.6 is 0 Å². The van der Waals surface area contributed by atoms with Gasteiger partial charge >= 0.3 is 11.7 Å². The second-order valence-electron chi connectivity index (χ2n) is 5.81. The lowest BCUT2D eigenvalue weighted by molar-refractivity contribution is -0.386. The minimum atomic E-state index is -1.92. The van der Waals surface area contributed by atoms with E-state index >= 15 is 0 Å². The molecule has 1 aromatic heterocycles. The molecule has 8 nitrogen and oxygen atoms in total. The van der Waals surface area contributed by atoms with Crippen LogP contribution in [0.4, 0.5) is 18.9 Å². The molecule has 1 saturated carbocycles. The first kappa shape index (κ1) is 18.7. The van der Waals surface area contributed by atoms with E-state index in [4.69, 9.17) is 9.47 Å². The van der Waals surface area contributed by atoms with Crippen molar-refractivity contribution in [2.45, 2.75) is 25.6 Å². The molecular formula is C16H13F3N2O6. The highest BCUT2D eigenvalue weighted by atomic mass is 19.2. The summed E-state index contributed by atoms with van der Waals surface area (Å²) in [4.78, 5) is 34.8. The molecule has 0 bridgehead atoms. The van der Waals surface area contributed by atoms with Crippen molar-refractivity contribution in [2.24, 2.45) is 0 Å². The number of ether oxygens (including phenoxy) is 2. The summed E-state index contributed by atoms with van der Waals surface area (Å²) in [7, 11) is 0.969. The predicted molar refractivity (Wildman–Crippen MR) is 85.8 cm³/mol. The molecule has 0 saturated heterocycles. The third kappa shape index (κ3) is 2.78. The number of carbonyl (C=O) groups excluding carboxylic acids is 1. The van der Waals surface area contributed by atoms with E-state index in [0.717, 1.165) is 17.9 Å². The molecule has 144 valence electrons. The third-order valence-corrected chi connectivity index (χ3v) is 4.21. The highest BCUT2D eigenvalue weighted by Gasteiger charge is 2.43. The smallest absolute Gasteiger partial charge is 0.343 e. The minimum Gasteiger partial charge on any atom is -0.491 e. The number of nitro groups is 1. The molecule has 1 heterocycles. The highest BCUT2D eigenvalue weighted by molar-refractivity contribution is 5.99. The van der Waals surface area contributed by atoms with Crippen molar-refractivity contribution in [3.8, 4) is 5.75 Å². The van der Waals surface area contributed by atoms with Gasteiger partial charge in [-0.05, 0) is 6.92 Å². The zero-order chi connectivity index (χ0) is 20.0. The van der Waals surface area contributed by atoms with Crippen LogP contribution in [0.15, 0.2) is 11.0 Å². The Balaban J connectivity index is 2.55. The van der Waals surface area contributed by atoms with Crippen molar-refractivity contribution in [3.63, 3.8) is 0 Å². The average molecular weight is 386 g/mol. The monoisotopic (exact) mass is 386 g/mol. The van der Waals surface area contributed by atoms with Gasteiger partial charge in [-0.3, -0.25) is 14.9 Å². The van der Waals surface area contributed by atoms with Crippen molar-refractivity contribution in [2.75, 3.05) is 13.7 Å². The number of alkyl halides is 1. The summed E-state index contributed by atoms with van der Waals surface area (Å²) >= 11 is 0. The van der Waals surface area contributed by atoms with E-state index in [2.05, 4.69) is 0 Å². The summed E-state index contributed by atoms with van der Waals surface area (Å²) < 4.78 is 52.8. The van der Waals surface area contributed by atoms with Gasteiger partial charge in [-0.1, -0.05) is 0 Å². The molecule has 1 aromatic carbocycles. The van der Waals surface area contributed by atoms with Crippen molar-refractivity contribution < 1.29 is 32.4 Å². The summed E-state index contributed by atoms with van der Waals surface area (Å²) in [5.41, 5.74) is -3.84. The molecule has 27 heavy (non-hydrogen) atoms. The van der Waals surface area contributed by atoms with E-state index in [1.165, 1.54) is 6.92 Å². The van der Waals surface area contributed by atoms with Crippen LogP contribution < -0.4 is 10.2 Å². The zero-order valence-corrected chi connectivity index (χ0v) is 14.1. The van der Waals surface area contributed by atoms with Gasteiger partial charge in [0.25, 0.3) is 0 Å². The summed E-state index contributed by atoms with van der Waals surface area (Å²) in [5, 5.41) is 10.4. The molecule has 1 aliphatic rings. The van der Waals surface area contributed by atoms with Gasteiger partial charge in [-0.15, -0.1) is 0 Å². The SMILES string of the molecule is CCOC(=O)c1cn(C2CC2F)c2c(OC)c(F)c(F)c([N+](=O)[O-])c2c1=O. The summed E-state index contributed by atoms with van der Waals surface area (Å²) in [6.07, 6.45) is -0.491. The van der Waals surface area contributed by atoms with E-state index in [1.54, 1.807) is 0 Å². The lowest BCUT2D eigenvalue weighted by Gasteiger charge is -2.16. The van der Waals surface area contributed by atoms with Crippen LogP contribution in [0.2, 0.25) is 0 Å². The number of aromatic nitrogens is 1. The lowest BCUT2D eigenvalue weighted by atomic mass is 10.1. The molecule has 1 fully saturated rings. The fourth-order valence-corrected chi connectivity index (χ4v) is 2.91. The number of carbonyl (C=O) groups is 1. The van der Waals surface area contributed by atoms with Crippen LogP contribution in [-0.4, -0.2) is 35.3 Å². The third-order valence-electron chi connectivity index (χ3n) is 4.21. The Morgan fingerprint density at radius 1 is 1.41 bits per heavy atom. The Labute approximate surface area is 149 Å². The molecule has 11 heteroatoms. The maximum absolute atomic E-state index is 14.3. The van der Waals surface area contributed by atoms with Crippen molar-refractivity contribution in [1.29, 1.82) is 0 Å². The molecule has 0 aliphatic heterocycles. The Kier molecular flexibility index (Phi) is 4.54. The van der Waals surface area contributed by atoms with E-state index < -0.39 is 68.1 Å². The number of methoxy groups -OCH3 is 1. The van der Waals surface area contributed by atoms with E-state index in [9.17, 15) is 32.9 Å². The first-order valence-corrected chi connectivity index (χ1v) is 7.83. The predicted octanol–water partition coefficient (Wildman–Crippen LogP) is 2.66. The van der Waals surface area contributed by atoms with Gasteiger partial charge in [0, 0.05) is 12.6 Å². The standard InChI is InChI=1S/C16H13F3N2O6/c1-3-27-16(23)6-5-20(8-4-7(8)17)13-9(14(6)22)12(21(24)25)10(18)11(19)15(13)26-2/h5,7-8H,3-4H2,1-2H3. The second-order valence-corrected chi connectivity index (χ2v) is 5.81. The van der Waals surface area contributed by atoms with E-state index in [0.29, 0.717) is 0 Å². The zero-order valence-electron chi connectivity index (χ0n) is 14.1. The Hall–Kier alpha value is -3.11. The minimum absolute atomic E-state index is 0.0316. The number of rotatable bonds is 5. The number of nitro benzene ring substituents is 1. The molecule has 2 aromatic rings. The average Bonchev–Trinajstić information content (AvgIpc) is 3.33. The Morgan fingerprint density at radius 3 is 2.52 bits per heavy atom. The fourth-order valence-electron chi connectivity index (χ4n) is 2.91. The number of pyridine rings is 1. The first-order valence-electron chi connectivity index (χ1n) is 7.83. The van der Waals surface area contributed by atoms with Gasteiger partial charge in [0.05, 0.1) is 24.7 Å². The quantitative estimate of drug-likeness (QED) is 0.445. The van der Waals surface area contributed by atoms with Gasteiger partial charge in [-0.2, -0.15) is 8.78 Å². The first-order chi connectivity index (χ1) is 12.7. The molecular weight excluding hydrogens is 373 g/mol. The number of hydrogen-bond acceptors (Lipinski definition) is 6. The number of nitrogens with zero attached hydrogens (tertiary/aromatic N) is 2. The maximum atomic E-state index is 14.3. The molecule has 0 amide bonds. The molecule has 3 rings (SSSR count). The van der Waals surface area contributed by atoms with Gasteiger partial charge in [0.1, 0.15) is 22.6 Å². The van der Waals surface area contributed by atoms with Gasteiger partial charge in [-0.25, -0.2) is 9.18 Å². The molecule has 0 spiro atoms.